The summed E-state index contributed by atoms with van der Waals surface area (Å²) < 4.78 is 57.9. The van der Waals surface area contributed by atoms with Crippen LogP contribution >= 0.6 is 0 Å². The Hall–Kier alpha value is -4.84. The molecule has 0 aliphatic heterocycles. The Kier molecular flexibility index (Phi) is 7.92. The number of hydrogen-bond acceptors (Lipinski definition) is 6. The van der Waals surface area contributed by atoms with E-state index in [0.717, 1.165) is 18.2 Å². The Bertz CT molecular complexity index is 1520. The molecule has 38 heavy (non-hydrogen) atoms. The summed E-state index contributed by atoms with van der Waals surface area (Å²) in [6.45, 7) is 0.489. The summed E-state index contributed by atoms with van der Waals surface area (Å²) in [5.41, 5.74) is 5.55. The van der Waals surface area contributed by atoms with Gasteiger partial charge in [-0.1, -0.05) is 0 Å². The second-order valence-electron chi connectivity index (χ2n) is 7.83. The van der Waals surface area contributed by atoms with Crippen LogP contribution in [0.4, 0.5) is 29.3 Å². The number of benzene rings is 3. The fraction of sp³-hybridized carbons (Fsp3) is 0.115. The van der Waals surface area contributed by atoms with Crippen LogP contribution in [0.1, 0.15) is 10.4 Å². The lowest BCUT2D eigenvalue weighted by Crippen LogP contribution is -2.20. The fourth-order valence-corrected chi connectivity index (χ4v) is 3.44. The summed E-state index contributed by atoms with van der Waals surface area (Å²) in [5, 5.41) is 4.83. The molecule has 4 rings (SSSR count). The molecule has 0 spiro atoms. The summed E-state index contributed by atoms with van der Waals surface area (Å²) in [7, 11) is 1.51. The van der Waals surface area contributed by atoms with Gasteiger partial charge in [-0.15, -0.1) is 0 Å². The second-order valence-corrected chi connectivity index (χ2v) is 7.83. The van der Waals surface area contributed by atoms with Crippen molar-refractivity contribution in [3.63, 3.8) is 0 Å². The average molecular weight is 526 g/mol. The van der Waals surface area contributed by atoms with Crippen LogP contribution in [0.5, 0.6) is 17.2 Å². The van der Waals surface area contributed by atoms with Gasteiger partial charge in [0.05, 0.1) is 29.1 Å². The number of nitrogens with two attached hydrogens (primary N) is 1. The van der Waals surface area contributed by atoms with E-state index in [1.807, 2.05) is 0 Å². The van der Waals surface area contributed by atoms with Gasteiger partial charge in [0.15, 0.2) is 0 Å². The molecule has 0 unspecified atom stereocenters. The van der Waals surface area contributed by atoms with Crippen LogP contribution in [-0.4, -0.2) is 37.2 Å². The summed E-state index contributed by atoms with van der Waals surface area (Å²) >= 11 is 0. The van der Waals surface area contributed by atoms with Crippen LogP contribution in [0, 0.1) is 17.5 Å². The molecule has 0 bridgehead atoms. The van der Waals surface area contributed by atoms with E-state index in [0.29, 0.717) is 23.6 Å². The number of fused-ring (bicyclic) bond motifs is 1. The molecule has 1 heterocycles. The lowest BCUT2D eigenvalue weighted by molar-refractivity contribution is 0.0992. The third kappa shape index (κ3) is 6.10. The molecule has 9 nitrogen and oxygen atoms in total. The number of methoxy groups -OCH3 is 1. The highest BCUT2D eigenvalue weighted by molar-refractivity contribution is 6.01. The number of anilines is 2. The van der Waals surface area contributed by atoms with Gasteiger partial charge in [0.2, 0.25) is 0 Å². The number of nitrogens with one attached hydrogen (secondary N) is 2. The number of ether oxygens (including phenoxy) is 3. The standard InChI is InChI=1S/C26H21F3N4O5/c1-36-8-9-37-24-13-22-16(12-17(24)25(30)34)23(6-7-31-22)38-15-3-5-21(19(29)11-15)33-26(35)32-20-4-2-14(27)10-18(20)28/h2-7,10-13H,8-9H2,1H3,(H2,30,34)(H2,32,33,35). The molecule has 0 saturated carbocycles. The van der Waals surface area contributed by atoms with E-state index in [9.17, 15) is 22.8 Å². The predicted octanol–water partition coefficient (Wildman–Crippen LogP) is 5.21. The first kappa shape index (κ1) is 26.2. The summed E-state index contributed by atoms with van der Waals surface area (Å²) in [5.74, 6) is -2.80. The van der Waals surface area contributed by atoms with Crippen LogP contribution in [0.3, 0.4) is 0 Å². The lowest BCUT2D eigenvalue weighted by Gasteiger charge is -2.14. The van der Waals surface area contributed by atoms with Crippen LogP contribution in [-0.2, 0) is 4.74 Å². The Morgan fingerprint density at radius 3 is 2.26 bits per heavy atom. The van der Waals surface area contributed by atoms with Crippen molar-refractivity contribution in [3.05, 3.63) is 83.8 Å². The smallest absolute Gasteiger partial charge is 0.323 e. The molecule has 4 aromatic rings. The van der Waals surface area contributed by atoms with Gasteiger partial charge in [-0.25, -0.2) is 18.0 Å². The molecule has 0 aliphatic carbocycles. The zero-order valence-electron chi connectivity index (χ0n) is 19.9. The first-order chi connectivity index (χ1) is 18.2. The quantitative estimate of drug-likeness (QED) is 0.257. The molecule has 196 valence electrons. The van der Waals surface area contributed by atoms with Crippen LogP contribution in [0.2, 0.25) is 0 Å². The first-order valence-corrected chi connectivity index (χ1v) is 11.1. The maximum atomic E-state index is 14.7. The van der Waals surface area contributed by atoms with E-state index in [4.69, 9.17) is 19.9 Å². The van der Waals surface area contributed by atoms with Crippen molar-refractivity contribution in [2.45, 2.75) is 0 Å². The number of aromatic nitrogens is 1. The third-order valence-corrected chi connectivity index (χ3v) is 5.21. The van der Waals surface area contributed by atoms with Crippen LogP contribution in [0.25, 0.3) is 10.9 Å². The number of halogens is 3. The SMILES string of the molecule is COCCOc1cc2nccc(Oc3ccc(NC(=O)Nc4ccc(F)cc4F)c(F)c3)c2cc1C(N)=O. The number of hydrogen-bond donors (Lipinski definition) is 3. The molecule has 0 radical (unpaired) electrons. The van der Waals surface area contributed by atoms with Crippen molar-refractivity contribution < 1.29 is 37.0 Å². The van der Waals surface area contributed by atoms with Gasteiger partial charge in [-0.05, 0) is 36.4 Å². The number of primary amides is 1. The Balaban J connectivity index is 1.53. The van der Waals surface area contributed by atoms with Gasteiger partial charge < -0.3 is 30.6 Å². The molecule has 3 amide bonds. The third-order valence-electron chi connectivity index (χ3n) is 5.21. The van der Waals surface area contributed by atoms with Gasteiger partial charge in [0.25, 0.3) is 5.91 Å². The summed E-state index contributed by atoms with van der Waals surface area (Å²) in [4.78, 5) is 28.4. The lowest BCUT2D eigenvalue weighted by atomic mass is 10.1. The number of rotatable bonds is 9. The maximum absolute atomic E-state index is 14.7. The Morgan fingerprint density at radius 2 is 1.61 bits per heavy atom. The fourth-order valence-electron chi connectivity index (χ4n) is 3.44. The molecule has 0 atom stereocenters. The van der Waals surface area contributed by atoms with Crippen molar-refractivity contribution in [2.24, 2.45) is 5.73 Å². The maximum Gasteiger partial charge on any atom is 0.323 e. The molecule has 0 saturated heterocycles. The highest BCUT2D eigenvalue weighted by atomic mass is 19.1. The molecule has 4 N–H and O–H groups in total. The molecule has 3 aromatic carbocycles. The molecule has 0 fully saturated rings. The highest BCUT2D eigenvalue weighted by Crippen LogP contribution is 2.34. The minimum atomic E-state index is -0.984. The van der Waals surface area contributed by atoms with Crippen molar-refractivity contribution in [2.75, 3.05) is 31.0 Å². The van der Waals surface area contributed by atoms with E-state index in [-0.39, 0.29) is 40.8 Å². The van der Waals surface area contributed by atoms with E-state index in [2.05, 4.69) is 15.6 Å². The predicted molar refractivity (Wildman–Crippen MR) is 133 cm³/mol. The average Bonchev–Trinajstić information content (AvgIpc) is 2.87. The zero-order chi connectivity index (χ0) is 27.2. The van der Waals surface area contributed by atoms with Crippen LogP contribution in [0.15, 0.2) is 60.8 Å². The first-order valence-electron chi connectivity index (χ1n) is 11.1. The normalized spacial score (nSPS) is 10.7. The van der Waals surface area contributed by atoms with Gasteiger partial charge in [-0.3, -0.25) is 9.78 Å². The topological polar surface area (TPSA) is 125 Å². The van der Waals surface area contributed by atoms with Crippen molar-refractivity contribution in [3.8, 4) is 17.2 Å². The van der Waals surface area contributed by atoms with Gasteiger partial charge in [0, 0.05) is 36.9 Å². The minimum Gasteiger partial charge on any atom is -0.490 e. The van der Waals surface area contributed by atoms with Gasteiger partial charge in [0.1, 0.15) is 41.3 Å². The summed E-state index contributed by atoms with van der Waals surface area (Å²) in [6.07, 6.45) is 1.46. The number of pyridine rings is 1. The van der Waals surface area contributed by atoms with Crippen LogP contribution < -0.4 is 25.8 Å². The van der Waals surface area contributed by atoms with E-state index in [1.54, 1.807) is 0 Å². The summed E-state index contributed by atoms with van der Waals surface area (Å²) in [6, 6.07) is 9.85. The highest BCUT2D eigenvalue weighted by Gasteiger charge is 2.16. The second kappa shape index (κ2) is 11.5. The minimum absolute atomic E-state index is 0.0755. The van der Waals surface area contributed by atoms with E-state index >= 15 is 0 Å². The molecule has 0 aliphatic rings. The van der Waals surface area contributed by atoms with Crippen molar-refractivity contribution in [1.29, 1.82) is 0 Å². The number of amides is 3. The Morgan fingerprint density at radius 1 is 0.895 bits per heavy atom. The monoisotopic (exact) mass is 526 g/mol. The Labute approximate surface area is 214 Å². The van der Waals surface area contributed by atoms with Crippen molar-refractivity contribution in [1.82, 2.24) is 4.98 Å². The molecule has 1 aromatic heterocycles. The number of urea groups is 1. The van der Waals surface area contributed by atoms with Gasteiger partial charge >= 0.3 is 6.03 Å². The number of nitrogens with zero attached hydrogens (tertiary/aromatic N) is 1. The van der Waals surface area contributed by atoms with E-state index in [1.165, 1.54) is 43.6 Å². The molecular formula is C26H21F3N4O5. The number of carbonyl (C=O) groups excluding carboxylic acids is 2. The largest absolute Gasteiger partial charge is 0.490 e. The van der Waals surface area contributed by atoms with Gasteiger partial charge in [-0.2, -0.15) is 0 Å². The number of carbonyl (C=O) groups is 2. The zero-order valence-corrected chi connectivity index (χ0v) is 19.9. The van der Waals surface area contributed by atoms with Crippen molar-refractivity contribution >= 4 is 34.2 Å². The molecular weight excluding hydrogens is 505 g/mol. The molecule has 12 heteroatoms. The van der Waals surface area contributed by atoms with E-state index < -0.39 is 29.4 Å².